The highest BCUT2D eigenvalue weighted by Gasteiger charge is 2.36. The number of nitrogens with zero attached hydrogens (tertiary/aromatic N) is 2. The first-order valence-corrected chi connectivity index (χ1v) is 8.18. The number of benzene rings is 1. The Hall–Kier alpha value is -1.83. The van der Waals surface area contributed by atoms with Gasteiger partial charge in [-0.05, 0) is 35.5 Å². The molecule has 1 aromatic carbocycles. The van der Waals surface area contributed by atoms with Crippen LogP contribution in [0, 0.1) is 0 Å². The molecule has 3 rings (SSSR count). The Bertz CT molecular complexity index is 623. The zero-order valence-electron chi connectivity index (χ0n) is 12.9. The summed E-state index contributed by atoms with van der Waals surface area (Å²) in [6.45, 7) is 3.07. The number of morpholine rings is 1. The number of methoxy groups -OCH3 is 1. The highest BCUT2D eigenvalue weighted by atomic mass is 32.2. The fourth-order valence-corrected chi connectivity index (χ4v) is 3.25. The summed E-state index contributed by atoms with van der Waals surface area (Å²) in [5.74, 6) is 0.518. The van der Waals surface area contributed by atoms with Gasteiger partial charge in [-0.2, -0.15) is 0 Å². The van der Waals surface area contributed by atoms with Gasteiger partial charge in [0, 0.05) is 13.1 Å². The minimum atomic E-state index is -0.234. The van der Waals surface area contributed by atoms with Crippen LogP contribution < -0.4 is 4.74 Å². The molecule has 6 nitrogen and oxygen atoms in total. The summed E-state index contributed by atoms with van der Waals surface area (Å²) < 4.78 is 10.4. The van der Waals surface area contributed by atoms with Crippen molar-refractivity contribution in [2.45, 2.75) is 0 Å². The number of ether oxygens (including phenoxy) is 2. The third-order valence-electron chi connectivity index (χ3n) is 3.73. The highest BCUT2D eigenvalue weighted by molar-refractivity contribution is 8.18. The molecule has 2 amide bonds. The fourth-order valence-electron chi connectivity index (χ4n) is 2.42. The Morgan fingerprint density at radius 1 is 1.22 bits per heavy atom. The molecule has 0 spiro atoms. The van der Waals surface area contributed by atoms with Gasteiger partial charge >= 0.3 is 0 Å². The van der Waals surface area contributed by atoms with Crippen LogP contribution in [0.25, 0.3) is 6.08 Å². The van der Waals surface area contributed by atoms with Gasteiger partial charge in [0.25, 0.3) is 11.1 Å². The van der Waals surface area contributed by atoms with Crippen molar-refractivity contribution in [2.75, 3.05) is 40.1 Å². The van der Waals surface area contributed by atoms with Crippen molar-refractivity contribution >= 4 is 29.0 Å². The Balaban J connectivity index is 1.70. The second-order valence-electron chi connectivity index (χ2n) is 5.25. The fraction of sp³-hybridized carbons (Fsp3) is 0.375. The molecule has 122 valence electrons. The maximum absolute atomic E-state index is 12.5. The van der Waals surface area contributed by atoms with Gasteiger partial charge in [0.2, 0.25) is 0 Å². The number of carbonyl (C=O) groups is 2. The highest BCUT2D eigenvalue weighted by Crippen LogP contribution is 2.32. The molecule has 2 saturated heterocycles. The predicted octanol–water partition coefficient (Wildman–Crippen LogP) is 2.02. The second-order valence-corrected chi connectivity index (χ2v) is 6.25. The Kier molecular flexibility index (Phi) is 5.00. The molecule has 2 aliphatic rings. The molecule has 0 aromatic heterocycles. The van der Waals surface area contributed by atoms with E-state index in [0.29, 0.717) is 24.8 Å². The molecular formula is C16H18N2O4S. The topological polar surface area (TPSA) is 59.1 Å². The van der Waals surface area contributed by atoms with Crippen molar-refractivity contribution in [1.29, 1.82) is 0 Å². The Morgan fingerprint density at radius 3 is 2.57 bits per heavy atom. The molecule has 2 fully saturated rings. The molecular weight excluding hydrogens is 316 g/mol. The Labute approximate surface area is 139 Å². The maximum atomic E-state index is 12.5. The lowest BCUT2D eigenvalue weighted by atomic mass is 10.2. The standard InChI is InChI=1S/C16H18N2O4S/c1-21-13-4-2-12(3-5-13)10-14-15(19)18(16(20)23-14)11-17-6-8-22-9-7-17/h2-5,10H,6-9,11H2,1H3. The number of thioether (sulfide) groups is 1. The van der Waals surface area contributed by atoms with Gasteiger partial charge in [-0.25, -0.2) is 0 Å². The summed E-state index contributed by atoms with van der Waals surface area (Å²) in [5.41, 5.74) is 0.864. The van der Waals surface area contributed by atoms with Crippen molar-refractivity contribution in [1.82, 2.24) is 9.80 Å². The van der Waals surface area contributed by atoms with E-state index in [1.165, 1.54) is 4.90 Å². The van der Waals surface area contributed by atoms with Gasteiger partial charge in [0.1, 0.15) is 5.75 Å². The summed E-state index contributed by atoms with van der Waals surface area (Å²) in [7, 11) is 1.60. The maximum Gasteiger partial charge on any atom is 0.294 e. The van der Waals surface area contributed by atoms with Crippen LogP contribution in [0.2, 0.25) is 0 Å². The number of carbonyl (C=O) groups excluding carboxylic acids is 2. The molecule has 0 aliphatic carbocycles. The van der Waals surface area contributed by atoms with Crippen LogP contribution in [0.4, 0.5) is 4.79 Å². The van der Waals surface area contributed by atoms with E-state index in [4.69, 9.17) is 9.47 Å². The van der Waals surface area contributed by atoms with E-state index in [9.17, 15) is 9.59 Å². The molecule has 0 atom stereocenters. The lowest BCUT2D eigenvalue weighted by Gasteiger charge is -2.29. The normalized spacial score (nSPS) is 21.3. The van der Waals surface area contributed by atoms with Gasteiger partial charge in [0.15, 0.2) is 0 Å². The lowest BCUT2D eigenvalue weighted by molar-refractivity contribution is -0.125. The van der Waals surface area contributed by atoms with Crippen molar-refractivity contribution in [3.63, 3.8) is 0 Å². The summed E-state index contributed by atoms with van der Waals surface area (Å²) >= 11 is 0.985. The molecule has 1 aromatic rings. The molecule has 23 heavy (non-hydrogen) atoms. The van der Waals surface area contributed by atoms with Crippen molar-refractivity contribution in [3.8, 4) is 5.75 Å². The van der Waals surface area contributed by atoms with Crippen molar-refractivity contribution in [2.24, 2.45) is 0 Å². The van der Waals surface area contributed by atoms with Crippen LogP contribution in [0.1, 0.15) is 5.56 Å². The second kappa shape index (κ2) is 7.16. The van der Waals surface area contributed by atoms with Crippen LogP contribution in [0.15, 0.2) is 29.2 Å². The molecule has 2 aliphatic heterocycles. The molecule has 0 radical (unpaired) electrons. The van der Waals surface area contributed by atoms with E-state index in [1.54, 1.807) is 13.2 Å². The van der Waals surface area contributed by atoms with Gasteiger partial charge in [-0.3, -0.25) is 19.4 Å². The molecule has 2 heterocycles. The van der Waals surface area contributed by atoms with Gasteiger partial charge in [-0.1, -0.05) is 12.1 Å². The minimum absolute atomic E-state index is 0.221. The van der Waals surface area contributed by atoms with Crippen LogP contribution in [-0.2, 0) is 9.53 Å². The largest absolute Gasteiger partial charge is 0.497 e. The smallest absolute Gasteiger partial charge is 0.294 e. The summed E-state index contributed by atoms with van der Waals surface area (Å²) in [6, 6.07) is 7.36. The van der Waals surface area contributed by atoms with Crippen molar-refractivity contribution in [3.05, 3.63) is 34.7 Å². The van der Waals surface area contributed by atoms with Crippen LogP contribution in [0.3, 0.4) is 0 Å². The average molecular weight is 334 g/mol. The average Bonchev–Trinajstić information content (AvgIpc) is 2.84. The third-order valence-corrected chi connectivity index (χ3v) is 4.64. The van der Waals surface area contributed by atoms with E-state index in [0.717, 1.165) is 36.2 Å². The van der Waals surface area contributed by atoms with Gasteiger partial charge < -0.3 is 9.47 Å². The lowest BCUT2D eigenvalue weighted by Crippen LogP contribution is -2.45. The minimum Gasteiger partial charge on any atom is -0.497 e. The first-order chi connectivity index (χ1) is 11.2. The summed E-state index contributed by atoms with van der Waals surface area (Å²) in [6.07, 6.45) is 1.74. The number of amides is 2. The first kappa shape index (κ1) is 16.0. The number of imide groups is 1. The van der Waals surface area contributed by atoms with E-state index in [-0.39, 0.29) is 11.1 Å². The van der Waals surface area contributed by atoms with Crippen LogP contribution in [-0.4, -0.2) is 61.0 Å². The summed E-state index contributed by atoms with van der Waals surface area (Å²) in [4.78, 5) is 28.4. The van der Waals surface area contributed by atoms with E-state index >= 15 is 0 Å². The molecule has 0 N–H and O–H groups in total. The van der Waals surface area contributed by atoms with Gasteiger partial charge in [-0.15, -0.1) is 0 Å². The van der Waals surface area contributed by atoms with Gasteiger partial charge in [0.05, 0.1) is 31.9 Å². The molecule has 0 saturated carbocycles. The Morgan fingerprint density at radius 2 is 1.91 bits per heavy atom. The van der Waals surface area contributed by atoms with Crippen LogP contribution >= 0.6 is 11.8 Å². The quantitative estimate of drug-likeness (QED) is 0.785. The zero-order chi connectivity index (χ0) is 16.2. The zero-order valence-corrected chi connectivity index (χ0v) is 13.7. The molecule has 7 heteroatoms. The number of hydrogen-bond acceptors (Lipinski definition) is 6. The summed E-state index contributed by atoms with van der Waals surface area (Å²) in [5, 5.41) is -0.221. The predicted molar refractivity (Wildman–Crippen MR) is 88.1 cm³/mol. The monoisotopic (exact) mass is 334 g/mol. The van der Waals surface area contributed by atoms with Crippen molar-refractivity contribution < 1.29 is 19.1 Å². The number of rotatable bonds is 4. The third kappa shape index (κ3) is 3.74. The van der Waals surface area contributed by atoms with Crippen LogP contribution in [0.5, 0.6) is 5.75 Å². The first-order valence-electron chi connectivity index (χ1n) is 7.37. The SMILES string of the molecule is COc1ccc(C=C2SC(=O)N(CN3CCOCC3)C2=O)cc1. The molecule has 0 bridgehead atoms. The van der Waals surface area contributed by atoms with E-state index in [1.807, 2.05) is 24.3 Å². The molecule has 0 unspecified atom stereocenters. The number of hydrogen-bond donors (Lipinski definition) is 0. The van der Waals surface area contributed by atoms with E-state index < -0.39 is 0 Å². The van der Waals surface area contributed by atoms with E-state index in [2.05, 4.69) is 4.90 Å².